The molecule has 1 fully saturated rings. The van der Waals surface area contributed by atoms with Crippen molar-refractivity contribution in [1.29, 1.82) is 0 Å². The Bertz CT molecular complexity index is 562. The molecule has 1 heterocycles. The normalized spacial score (nSPS) is 15.5. The molecule has 132 valence electrons. The lowest BCUT2D eigenvalue weighted by Gasteiger charge is -2.22. The van der Waals surface area contributed by atoms with Gasteiger partial charge in [-0.15, -0.1) is 5.06 Å². The molecule has 0 aromatic heterocycles. The molecule has 1 rings (SSSR count). The monoisotopic (exact) mass is 341 g/mol. The van der Waals surface area contributed by atoms with E-state index in [0.29, 0.717) is 5.06 Å². The number of imide groups is 1. The highest BCUT2D eigenvalue weighted by molar-refractivity contribution is 6.01. The minimum atomic E-state index is -1.11. The number of azide groups is 1. The van der Waals surface area contributed by atoms with Crippen LogP contribution >= 0.6 is 0 Å². The molecule has 11 nitrogen and oxygen atoms in total. The van der Waals surface area contributed by atoms with Gasteiger partial charge in [-0.25, -0.2) is 4.79 Å². The largest absolute Gasteiger partial charge is 0.460 e. The Hall–Kier alpha value is -2.81. The summed E-state index contributed by atoms with van der Waals surface area (Å²) in [5.74, 6) is -1.88. The van der Waals surface area contributed by atoms with E-state index in [9.17, 15) is 19.2 Å². The molecule has 0 saturated carbocycles. The molecule has 0 bridgehead atoms. The number of nitrogens with one attached hydrogen (secondary N) is 1. The van der Waals surface area contributed by atoms with Gasteiger partial charge in [0.2, 0.25) is 0 Å². The molecule has 11 heteroatoms. The summed E-state index contributed by atoms with van der Waals surface area (Å²) in [5, 5.41) is 5.92. The maximum absolute atomic E-state index is 11.8. The molecular formula is C13H19N5O6. The second-order valence-electron chi connectivity index (χ2n) is 6.01. The van der Waals surface area contributed by atoms with E-state index in [-0.39, 0.29) is 25.8 Å². The molecule has 1 aliphatic heterocycles. The lowest BCUT2D eigenvalue weighted by molar-refractivity contribution is -0.172. The fourth-order valence-corrected chi connectivity index (χ4v) is 1.81. The van der Waals surface area contributed by atoms with Gasteiger partial charge in [-0.2, -0.15) is 0 Å². The zero-order valence-electron chi connectivity index (χ0n) is 13.6. The molecule has 1 saturated heterocycles. The Labute approximate surface area is 137 Å². The van der Waals surface area contributed by atoms with Gasteiger partial charge in [0.15, 0.2) is 0 Å². The van der Waals surface area contributed by atoms with Crippen LogP contribution in [0.15, 0.2) is 5.11 Å². The van der Waals surface area contributed by atoms with Crippen LogP contribution in [0.25, 0.3) is 10.4 Å². The van der Waals surface area contributed by atoms with Gasteiger partial charge in [0.1, 0.15) is 5.60 Å². The van der Waals surface area contributed by atoms with E-state index in [4.69, 9.17) is 10.3 Å². The van der Waals surface area contributed by atoms with Gasteiger partial charge in [0.05, 0.1) is 6.42 Å². The molecule has 1 atom stereocenters. The smallest absolute Gasteiger partial charge is 0.432 e. The summed E-state index contributed by atoms with van der Waals surface area (Å²) >= 11 is 0. The van der Waals surface area contributed by atoms with Crippen molar-refractivity contribution in [1.82, 2.24) is 10.4 Å². The van der Waals surface area contributed by atoms with Crippen molar-refractivity contribution in [2.75, 3.05) is 6.54 Å². The van der Waals surface area contributed by atoms with Gasteiger partial charge >= 0.3 is 12.1 Å². The number of esters is 1. The predicted octanol–water partition coefficient (Wildman–Crippen LogP) is 1.19. The van der Waals surface area contributed by atoms with Crippen LogP contribution in [0.1, 0.15) is 40.0 Å². The molecule has 0 aromatic carbocycles. The van der Waals surface area contributed by atoms with Crippen molar-refractivity contribution < 1.29 is 28.8 Å². The fourth-order valence-electron chi connectivity index (χ4n) is 1.81. The number of amides is 3. The Morgan fingerprint density at radius 3 is 2.42 bits per heavy atom. The maximum Gasteiger partial charge on any atom is 0.432 e. The SMILES string of the molecule is CC(C)(C)OC(=O)C[C@H](CN=[N+]=[N-])NC(=O)ON1C(=O)CCC1=O. The number of hydrogen-bond acceptors (Lipinski definition) is 7. The van der Waals surface area contributed by atoms with Crippen molar-refractivity contribution in [3.05, 3.63) is 10.4 Å². The van der Waals surface area contributed by atoms with E-state index in [1.165, 1.54) is 0 Å². The van der Waals surface area contributed by atoms with Crippen molar-refractivity contribution in [2.24, 2.45) is 5.11 Å². The number of carbonyl (C=O) groups is 4. The first kappa shape index (κ1) is 19.2. The number of nitrogens with zero attached hydrogens (tertiary/aromatic N) is 4. The summed E-state index contributed by atoms with van der Waals surface area (Å²) in [4.78, 5) is 53.5. The van der Waals surface area contributed by atoms with E-state index < -0.39 is 35.5 Å². The summed E-state index contributed by atoms with van der Waals surface area (Å²) in [7, 11) is 0. The van der Waals surface area contributed by atoms with Crippen LogP contribution in [-0.4, -0.2) is 47.1 Å². The Kier molecular flexibility index (Phi) is 6.54. The second kappa shape index (κ2) is 8.16. The zero-order valence-corrected chi connectivity index (χ0v) is 13.6. The summed E-state index contributed by atoms with van der Waals surface area (Å²) in [6, 6.07) is -0.906. The molecule has 3 amide bonds. The average molecular weight is 341 g/mol. The summed E-state index contributed by atoms with van der Waals surface area (Å²) in [6.45, 7) is 4.81. The van der Waals surface area contributed by atoms with E-state index in [2.05, 4.69) is 20.2 Å². The van der Waals surface area contributed by atoms with Crippen LogP contribution in [0.4, 0.5) is 4.79 Å². The Morgan fingerprint density at radius 1 is 1.33 bits per heavy atom. The van der Waals surface area contributed by atoms with Crippen LogP contribution in [0, 0.1) is 0 Å². The van der Waals surface area contributed by atoms with E-state index in [1.54, 1.807) is 20.8 Å². The van der Waals surface area contributed by atoms with Gasteiger partial charge in [-0.05, 0) is 26.3 Å². The quantitative estimate of drug-likeness (QED) is 0.252. The van der Waals surface area contributed by atoms with E-state index in [1.807, 2.05) is 0 Å². The zero-order chi connectivity index (χ0) is 18.3. The molecular weight excluding hydrogens is 322 g/mol. The van der Waals surface area contributed by atoms with Crippen molar-refractivity contribution in [3.63, 3.8) is 0 Å². The minimum absolute atomic E-state index is 0.0355. The number of hydroxylamine groups is 2. The first-order chi connectivity index (χ1) is 11.1. The maximum atomic E-state index is 11.8. The molecule has 24 heavy (non-hydrogen) atoms. The van der Waals surface area contributed by atoms with Crippen molar-refractivity contribution in [3.8, 4) is 0 Å². The highest BCUT2D eigenvalue weighted by atomic mass is 16.7. The number of carbonyl (C=O) groups excluding carboxylic acids is 4. The first-order valence-electron chi connectivity index (χ1n) is 7.19. The average Bonchev–Trinajstić information content (AvgIpc) is 2.74. The van der Waals surface area contributed by atoms with Crippen LogP contribution < -0.4 is 5.32 Å². The van der Waals surface area contributed by atoms with Crippen molar-refractivity contribution in [2.45, 2.75) is 51.7 Å². The third-order valence-corrected chi connectivity index (χ3v) is 2.70. The number of ether oxygens (including phenoxy) is 1. The lowest BCUT2D eigenvalue weighted by atomic mass is 10.1. The molecule has 1 N–H and O–H groups in total. The van der Waals surface area contributed by atoms with Gasteiger partial charge in [-0.3, -0.25) is 14.4 Å². The number of rotatable bonds is 6. The third-order valence-electron chi connectivity index (χ3n) is 2.70. The predicted molar refractivity (Wildman–Crippen MR) is 79.0 cm³/mol. The van der Waals surface area contributed by atoms with Crippen LogP contribution in [0.2, 0.25) is 0 Å². The van der Waals surface area contributed by atoms with Gasteiger partial charge in [0, 0.05) is 30.3 Å². The van der Waals surface area contributed by atoms with E-state index >= 15 is 0 Å². The fraction of sp³-hybridized carbons (Fsp3) is 0.692. The van der Waals surface area contributed by atoms with Gasteiger partial charge < -0.3 is 14.9 Å². The second-order valence-corrected chi connectivity index (χ2v) is 6.01. The highest BCUT2D eigenvalue weighted by Gasteiger charge is 2.33. The summed E-state index contributed by atoms with van der Waals surface area (Å²) < 4.78 is 5.11. The molecule has 0 radical (unpaired) electrons. The number of hydrogen-bond donors (Lipinski definition) is 1. The summed E-state index contributed by atoms with van der Waals surface area (Å²) in [6.07, 6.45) is -1.45. The van der Waals surface area contributed by atoms with Gasteiger partial charge in [0.25, 0.3) is 11.8 Å². The van der Waals surface area contributed by atoms with Crippen LogP contribution in [0.5, 0.6) is 0 Å². The van der Waals surface area contributed by atoms with Crippen LogP contribution in [0.3, 0.4) is 0 Å². The first-order valence-corrected chi connectivity index (χ1v) is 7.19. The third kappa shape index (κ3) is 6.53. The van der Waals surface area contributed by atoms with E-state index in [0.717, 1.165) is 0 Å². The topological polar surface area (TPSA) is 151 Å². The molecule has 1 aliphatic rings. The molecule has 0 unspecified atom stereocenters. The Morgan fingerprint density at radius 2 is 1.92 bits per heavy atom. The van der Waals surface area contributed by atoms with Crippen LogP contribution in [-0.2, 0) is 24.0 Å². The Balaban J connectivity index is 2.62. The van der Waals surface area contributed by atoms with Gasteiger partial charge in [-0.1, -0.05) is 5.11 Å². The summed E-state index contributed by atoms with van der Waals surface area (Å²) in [5.41, 5.74) is 7.66. The lowest BCUT2D eigenvalue weighted by Crippen LogP contribution is -2.44. The minimum Gasteiger partial charge on any atom is -0.460 e. The molecule has 0 aromatic rings. The molecule has 0 aliphatic carbocycles. The molecule has 0 spiro atoms. The highest BCUT2D eigenvalue weighted by Crippen LogP contribution is 2.13. The standard InChI is InChI=1S/C13H19N5O6/c1-13(2,3)23-11(21)6-8(7-15-17-14)16-12(22)24-18-9(19)4-5-10(18)20/h8H,4-7H2,1-3H3,(H,16,22)/t8-/m1/s1. The van der Waals surface area contributed by atoms with Crippen molar-refractivity contribution >= 4 is 23.9 Å².